The third-order valence-corrected chi connectivity index (χ3v) is 3.71. The van der Waals surface area contributed by atoms with Crippen LogP contribution in [0.5, 0.6) is 0 Å². The van der Waals surface area contributed by atoms with E-state index >= 15 is 0 Å². The van der Waals surface area contributed by atoms with Crippen molar-refractivity contribution < 1.29 is 9.53 Å². The van der Waals surface area contributed by atoms with Crippen LogP contribution in [-0.4, -0.2) is 23.6 Å². The molecule has 0 bridgehead atoms. The molecule has 1 aliphatic carbocycles. The van der Waals surface area contributed by atoms with Gasteiger partial charge in [0.1, 0.15) is 6.61 Å². The van der Waals surface area contributed by atoms with Gasteiger partial charge in [-0.05, 0) is 36.8 Å². The van der Waals surface area contributed by atoms with Crippen LogP contribution < -0.4 is 0 Å². The summed E-state index contributed by atoms with van der Waals surface area (Å²) in [6.45, 7) is 3.11. The monoisotopic (exact) mass is 247 g/mol. The van der Waals surface area contributed by atoms with Gasteiger partial charge in [0.15, 0.2) is 0 Å². The molecule has 0 saturated carbocycles. The molecule has 1 aromatic heterocycles. The minimum absolute atomic E-state index is 0.0569. The van der Waals surface area contributed by atoms with E-state index in [-0.39, 0.29) is 12.4 Å². The summed E-state index contributed by atoms with van der Waals surface area (Å²) in [6.07, 6.45) is 8.52. The fourth-order valence-electron chi connectivity index (χ4n) is 2.37. The highest BCUT2D eigenvalue weighted by molar-refractivity contribution is 5.95. The Morgan fingerprint density at radius 3 is 2.89 bits per heavy atom. The van der Waals surface area contributed by atoms with E-state index in [1.54, 1.807) is 0 Å². The molecule has 0 radical (unpaired) electrons. The van der Waals surface area contributed by atoms with E-state index in [9.17, 15) is 4.79 Å². The molecule has 3 heteroatoms. The van der Waals surface area contributed by atoms with E-state index in [0.717, 1.165) is 12.8 Å². The maximum atomic E-state index is 11.9. The van der Waals surface area contributed by atoms with Gasteiger partial charge < -0.3 is 9.30 Å². The topological polar surface area (TPSA) is 31.2 Å². The molecule has 2 unspecified atom stereocenters. The predicted molar refractivity (Wildman–Crippen MR) is 71.6 cm³/mol. The Kier molecular flexibility index (Phi) is 4.37. The quantitative estimate of drug-likeness (QED) is 0.592. The van der Waals surface area contributed by atoms with Gasteiger partial charge in [-0.1, -0.05) is 19.1 Å². The second kappa shape index (κ2) is 6.01. The van der Waals surface area contributed by atoms with Crippen molar-refractivity contribution in [2.24, 2.45) is 18.9 Å². The first-order chi connectivity index (χ1) is 8.68. The zero-order valence-electron chi connectivity index (χ0n) is 11.1. The van der Waals surface area contributed by atoms with Crippen LogP contribution in [0.2, 0.25) is 0 Å². The number of hydrogen-bond donors (Lipinski definition) is 0. The van der Waals surface area contributed by atoms with Crippen LogP contribution in [0, 0.1) is 11.8 Å². The molecule has 98 valence electrons. The van der Waals surface area contributed by atoms with Crippen molar-refractivity contribution in [3.63, 3.8) is 0 Å². The zero-order chi connectivity index (χ0) is 13.0. The van der Waals surface area contributed by atoms with Crippen LogP contribution in [0.4, 0.5) is 0 Å². The second-order valence-electron chi connectivity index (χ2n) is 5.12. The van der Waals surface area contributed by atoms with Gasteiger partial charge in [0, 0.05) is 13.2 Å². The molecule has 0 fully saturated rings. The van der Waals surface area contributed by atoms with E-state index in [4.69, 9.17) is 4.74 Å². The van der Waals surface area contributed by atoms with E-state index in [2.05, 4.69) is 19.1 Å². The van der Waals surface area contributed by atoms with Crippen molar-refractivity contribution in [3.8, 4) is 0 Å². The first-order valence-corrected chi connectivity index (χ1v) is 6.55. The lowest BCUT2D eigenvalue weighted by Crippen LogP contribution is -2.22. The fourth-order valence-corrected chi connectivity index (χ4v) is 2.37. The van der Waals surface area contributed by atoms with E-state index < -0.39 is 0 Å². The van der Waals surface area contributed by atoms with Crippen LogP contribution >= 0.6 is 0 Å². The molecule has 0 spiro atoms. The summed E-state index contributed by atoms with van der Waals surface area (Å²) in [5, 5.41) is 0. The molecule has 0 saturated heterocycles. The molecular formula is C15H21NO2. The molecular weight excluding hydrogens is 226 g/mol. The molecule has 18 heavy (non-hydrogen) atoms. The largest absolute Gasteiger partial charge is 0.373 e. The number of Topliss-reactive ketones (excluding diaryl/α,β-unsaturated/α-hetero) is 1. The number of carbonyl (C=O) groups is 1. The van der Waals surface area contributed by atoms with Crippen molar-refractivity contribution in [2.75, 3.05) is 13.2 Å². The second-order valence-corrected chi connectivity index (χ2v) is 5.12. The van der Waals surface area contributed by atoms with Gasteiger partial charge >= 0.3 is 0 Å². The lowest BCUT2D eigenvalue weighted by molar-refractivity contribution is 0.0596. The third kappa shape index (κ3) is 3.10. The average molecular weight is 247 g/mol. The molecule has 2 atom stereocenters. The molecule has 0 amide bonds. The summed E-state index contributed by atoms with van der Waals surface area (Å²) in [4.78, 5) is 11.9. The highest BCUT2D eigenvalue weighted by Gasteiger charge is 2.19. The number of allylic oxidation sites excluding steroid dienone is 2. The standard InChI is InChI=1S/C15H21NO2/c1-12-6-3-4-7-13(12)10-18-11-15(17)14-8-5-9-16(14)2/h3-5,8-9,12-13H,6-7,10-11H2,1-2H3. The lowest BCUT2D eigenvalue weighted by Gasteiger charge is -2.24. The molecule has 1 aliphatic rings. The lowest BCUT2D eigenvalue weighted by atomic mass is 9.85. The van der Waals surface area contributed by atoms with Gasteiger partial charge in [0.25, 0.3) is 0 Å². The van der Waals surface area contributed by atoms with Gasteiger partial charge in [-0.25, -0.2) is 0 Å². The number of ether oxygens (including phenoxy) is 1. The van der Waals surface area contributed by atoms with E-state index in [0.29, 0.717) is 24.1 Å². The Hall–Kier alpha value is -1.35. The van der Waals surface area contributed by atoms with Crippen molar-refractivity contribution in [1.82, 2.24) is 4.57 Å². The van der Waals surface area contributed by atoms with Crippen LogP contribution in [0.25, 0.3) is 0 Å². The summed E-state index contributed by atoms with van der Waals surface area (Å²) in [6, 6.07) is 3.71. The molecule has 3 nitrogen and oxygen atoms in total. The van der Waals surface area contributed by atoms with Crippen molar-refractivity contribution in [2.45, 2.75) is 19.8 Å². The van der Waals surface area contributed by atoms with Gasteiger partial charge in [-0.15, -0.1) is 0 Å². The van der Waals surface area contributed by atoms with Gasteiger partial charge in [0.2, 0.25) is 5.78 Å². The van der Waals surface area contributed by atoms with Crippen LogP contribution in [-0.2, 0) is 11.8 Å². The number of ketones is 1. The molecule has 2 rings (SSSR count). The fraction of sp³-hybridized carbons (Fsp3) is 0.533. The Balaban J connectivity index is 1.77. The van der Waals surface area contributed by atoms with Gasteiger partial charge in [-0.3, -0.25) is 4.79 Å². The van der Waals surface area contributed by atoms with Gasteiger partial charge in [-0.2, -0.15) is 0 Å². The normalized spacial score (nSPS) is 23.2. The number of aromatic nitrogens is 1. The Morgan fingerprint density at radius 2 is 2.22 bits per heavy atom. The molecule has 1 heterocycles. The van der Waals surface area contributed by atoms with E-state index in [1.807, 2.05) is 29.9 Å². The summed E-state index contributed by atoms with van der Waals surface area (Å²) in [7, 11) is 1.88. The highest BCUT2D eigenvalue weighted by Crippen LogP contribution is 2.24. The number of rotatable bonds is 5. The number of hydrogen-bond acceptors (Lipinski definition) is 2. The Bertz CT molecular complexity index is 433. The van der Waals surface area contributed by atoms with Crippen molar-refractivity contribution in [1.29, 1.82) is 0 Å². The number of carbonyl (C=O) groups excluding carboxylic acids is 1. The SMILES string of the molecule is CC1CC=CCC1COCC(=O)c1cccn1C. The van der Waals surface area contributed by atoms with Gasteiger partial charge in [0.05, 0.1) is 12.3 Å². The maximum absolute atomic E-state index is 11.9. The third-order valence-electron chi connectivity index (χ3n) is 3.71. The highest BCUT2D eigenvalue weighted by atomic mass is 16.5. The molecule has 0 N–H and O–H groups in total. The first kappa shape index (κ1) is 13.1. The number of aryl methyl sites for hydroxylation is 1. The smallest absolute Gasteiger partial charge is 0.204 e. The molecule has 0 aromatic carbocycles. The first-order valence-electron chi connectivity index (χ1n) is 6.55. The van der Waals surface area contributed by atoms with Crippen LogP contribution in [0.3, 0.4) is 0 Å². The summed E-state index contributed by atoms with van der Waals surface area (Å²) < 4.78 is 7.42. The van der Waals surface area contributed by atoms with Crippen LogP contribution in [0.15, 0.2) is 30.5 Å². The summed E-state index contributed by atoms with van der Waals surface area (Å²) in [5.41, 5.74) is 0.714. The average Bonchev–Trinajstić information content (AvgIpc) is 2.78. The van der Waals surface area contributed by atoms with Crippen molar-refractivity contribution >= 4 is 5.78 Å². The Labute approximate surface area is 108 Å². The Morgan fingerprint density at radius 1 is 1.44 bits per heavy atom. The van der Waals surface area contributed by atoms with E-state index in [1.165, 1.54) is 0 Å². The zero-order valence-corrected chi connectivity index (χ0v) is 11.1. The predicted octanol–water partition coefficient (Wildman–Crippen LogP) is 2.83. The maximum Gasteiger partial charge on any atom is 0.204 e. The molecule has 1 aromatic rings. The summed E-state index contributed by atoms with van der Waals surface area (Å²) >= 11 is 0. The minimum Gasteiger partial charge on any atom is -0.373 e. The van der Waals surface area contributed by atoms with Crippen LogP contribution in [0.1, 0.15) is 30.3 Å². The number of nitrogens with zero attached hydrogens (tertiary/aromatic N) is 1. The minimum atomic E-state index is 0.0569. The van der Waals surface area contributed by atoms with Crippen molar-refractivity contribution in [3.05, 3.63) is 36.2 Å². The summed E-state index contributed by atoms with van der Waals surface area (Å²) in [5.74, 6) is 1.26. The molecule has 0 aliphatic heterocycles.